The molecule has 5 nitrogen and oxygen atoms in total. The summed E-state index contributed by atoms with van der Waals surface area (Å²) >= 11 is 0. The predicted octanol–water partition coefficient (Wildman–Crippen LogP) is 3.03. The van der Waals surface area contributed by atoms with Gasteiger partial charge in [0, 0.05) is 19.7 Å². The molecule has 0 bridgehead atoms. The van der Waals surface area contributed by atoms with E-state index in [1.807, 2.05) is 19.1 Å². The van der Waals surface area contributed by atoms with Gasteiger partial charge in [-0.05, 0) is 42.3 Å². The van der Waals surface area contributed by atoms with Crippen LogP contribution in [0.15, 0.2) is 53.4 Å². The van der Waals surface area contributed by atoms with E-state index in [1.165, 1.54) is 24.0 Å². The van der Waals surface area contributed by atoms with Gasteiger partial charge in [-0.25, -0.2) is 8.42 Å². The number of para-hydroxylation sites is 1. The summed E-state index contributed by atoms with van der Waals surface area (Å²) in [6.45, 7) is 3.42. The van der Waals surface area contributed by atoms with E-state index in [-0.39, 0.29) is 10.8 Å². The Hall–Kier alpha value is -2.34. The molecule has 0 atom stereocenters. The van der Waals surface area contributed by atoms with Gasteiger partial charge in [0.25, 0.3) is 10.0 Å². The smallest absolute Gasteiger partial charge is 0.261 e. The van der Waals surface area contributed by atoms with Crippen LogP contribution in [-0.2, 0) is 21.2 Å². The average molecular weight is 332 g/mol. The number of aryl methyl sites for hydroxylation is 1. The molecule has 0 aliphatic heterocycles. The van der Waals surface area contributed by atoms with E-state index >= 15 is 0 Å². The van der Waals surface area contributed by atoms with Crippen molar-refractivity contribution in [3.63, 3.8) is 0 Å². The number of nitrogens with zero attached hydrogens (tertiary/aromatic N) is 1. The van der Waals surface area contributed by atoms with Crippen LogP contribution in [0, 0.1) is 0 Å². The lowest BCUT2D eigenvalue weighted by molar-refractivity contribution is -0.116. The number of sulfonamides is 1. The van der Waals surface area contributed by atoms with Crippen LogP contribution in [0.5, 0.6) is 0 Å². The van der Waals surface area contributed by atoms with Gasteiger partial charge in [-0.2, -0.15) is 0 Å². The Labute approximate surface area is 137 Å². The molecule has 0 aromatic heterocycles. The van der Waals surface area contributed by atoms with E-state index in [2.05, 4.69) is 4.72 Å². The number of hydrogen-bond donors (Lipinski definition) is 1. The number of carbonyl (C=O) groups is 1. The van der Waals surface area contributed by atoms with Gasteiger partial charge in [-0.1, -0.05) is 25.1 Å². The van der Waals surface area contributed by atoms with Crippen molar-refractivity contribution in [2.45, 2.75) is 25.2 Å². The monoisotopic (exact) mass is 332 g/mol. The zero-order chi connectivity index (χ0) is 17.0. The number of carbonyl (C=O) groups excluding carboxylic acids is 1. The fourth-order valence-electron chi connectivity index (χ4n) is 2.16. The molecule has 122 valence electrons. The Morgan fingerprint density at radius 2 is 1.70 bits per heavy atom. The summed E-state index contributed by atoms with van der Waals surface area (Å²) in [5, 5.41) is 0. The minimum atomic E-state index is -3.66. The van der Waals surface area contributed by atoms with E-state index in [9.17, 15) is 13.2 Å². The average Bonchev–Trinajstić information content (AvgIpc) is 2.54. The molecule has 0 saturated carbocycles. The molecule has 1 N–H and O–H groups in total. The number of hydrogen-bond acceptors (Lipinski definition) is 3. The van der Waals surface area contributed by atoms with E-state index in [1.54, 1.807) is 31.3 Å². The van der Waals surface area contributed by atoms with Crippen LogP contribution in [0.1, 0.15) is 19.4 Å². The predicted molar refractivity (Wildman–Crippen MR) is 92.2 cm³/mol. The Bertz CT molecular complexity index is 799. The van der Waals surface area contributed by atoms with Crippen molar-refractivity contribution in [2.75, 3.05) is 16.7 Å². The molecule has 2 aromatic carbocycles. The lowest BCUT2D eigenvalue weighted by Gasteiger charge is -2.16. The molecule has 2 aromatic rings. The standard InChI is InChI=1S/C17H20N2O3S/c1-4-14-7-5-6-8-17(14)18-23(21,22)16-11-9-15(10-12-16)19(3)13(2)20/h5-12,18H,4H2,1-3H3. The second kappa shape index (κ2) is 6.83. The van der Waals surface area contributed by atoms with Gasteiger partial charge < -0.3 is 4.90 Å². The highest BCUT2D eigenvalue weighted by Crippen LogP contribution is 2.22. The van der Waals surface area contributed by atoms with Crippen LogP contribution in [0.25, 0.3) is 0 Å². The summed E-state index contributed by atoms with van der Waals surface area (Å²) < 4.78 is 27.6. The Kier molecular flexibility index (Phi) is 5.05. The third-order valence-electron chi connectivity index (χ3n) is 3.65. The second-order valence-electron chi connectivity index (χ2n) is 5.19. The van der Waals surface area contributed by atoms with Gasteiger partial charge in [0.05, 0.1) is 10.6 Å². The van der Waals surface area contributed by atoms with Crippen LogP contribution >= 0.6 is 0 Å². The maximum atomic E-state index is 12.5. The van der Waals surface area contributed by atoms with Crippen LogP contribution in [0.4, 0.5) is 11.4 Å². The van der Waals surface area contributed by atoms with Gasteiger partial charge >= 0.3 is 0 Å². The lowest BCUT2D eigenvalue weighted by atomic mass is 10.1. The quantitative estimate of drug-likeness (QED) is 0.915. The van der Waals surface area contributed by atoms with Gasteiger partial charge in [0.2, 0.25) is 5.91 Å². The van der Waals surface area contributed by atoms with E-state index < -0.39 is 10.0 Å². The summed E-state index contributed by atoms with van der Waals surface area (Å²) in [6, 6.07) is 13.5. The van der Waals surface area contributed by atoms with Crippen LogP contribution in [0.2, 0.25) is 0 Å². The van der Waals surface area contributed by atoms with Crippen molar-refractivity contribution < 1.29 is 13.2 Å². The highest BCUT2D eigenvalue weighted by molar-refractivity contribution is 7.92. The maximum Gasteiger partial charge on any atom is 0.261 e. The number of anilines is 2. The first-order chi connectivity index (χ1) is 10.8. The van der Waals surface area contributed by atoms with E-state index in [0.29, 0.717) is 11.4 Å². The first-order valence-electron chi connectivity index (χ1n) is 7.30. The van der Waals surface area contributed by atoms with Gasteiger partial charge in [0.1, 0.15) is 0 Å². The molecule has 0 heterocycles. The Morgan fingerprint density at radius 1 is 1.09 bits per heavy atom. The zero-order valence-electron chi connectivity index (χ0n) is 13.4. The highest BCUT2D eigenvalue weighted by atomic mass is 32.2. The summed E-state index contributed by atoms with van der Waals surface area (Å²) in [6.07, 6.45) is 0.737. The molecule has 0 saturated heterocycles. The van der Waals surface area contributed by atoms with Crippen LogP contribution in [-0.4, -0.2) is 21.4 Å². The summed E-state index contributed by atoms with van der Waals surface area (Å²) in [4.78, 5) is 12.9. The molecule has 23 heavy (non-hydrogen) atoms. The summed E-state index contributed by atoms with van der Waals surface area (Å²) in [5.41, 5.74) is 2.16. The van der Waals surface area contributed by atoms with Crippen molar-refractivity contribution in [2.24, 2.45) is 0 Å². The largest absolute Gasteiger partial charge is 0.316 e. The number of amides is 1. The van der Waals surface area contributed by atoms with E-state index in [4.69, 9.17) is 0 Å². The Morgan fingerprint density at radius 3 is 2.26 bits per heavy atom. The van der Waals surface area contributed by atoms with Crippen LogP contribution < -0.4 is 9.62 Å². The van der Waals surface area contributed by atoms with Crippen molar-refractivity contribution in [1.82, 2.24) is 0 Å². The minimum absolute atomic E-state index is 0.115. The van der Waals surface area contributed by atoms with Gasteiger partial charge in [-0.15, -0.1) is 0 Å². The molecule has 6 heteroatoms. The van der Waals surface area contributed by atoms with E-state index in [0.717, 1.165) is 12.0 Å². The van der Waals surface area contributed by atoms with Crippen molar-refractivity contribution in [3.05, 3.63) is 54.1 Å². The maximum absolute atomic E-state index is 12.5. The third-order valence-corrected chi connectivity index (χ3v) is 5.03. The zero-order valence-corrected chi connectivity index (χ0v) is 14.2. The second-order valence-corrected chi connectivity index (χ2v) is 6.87. The highest BCUT2D eigenvalue weighted by Gasteiger charge is 2.16. The number of rotatable bonds is 5. The molecule has 0 radical (unpaired) electrons. The van der Waals surface area contributed by atoms with Gasteiger partial charge in [-0.3, -0.25) is 9.52 Å². The topological polar surface area (TPSA) is 66.5 Å². The molecule has 0 unspecified atom stereocenters. The normalized spacial score (nSPS) is 11.1. The van der Waals surface area contributed by atoms with Crippen molar-refractivity contribution >= 4 is 27.3 Å². The molecule has 0 fully saturated rings. The molecular weight excluding hydrogens is 312 g/mol. The summed E-state index contributed by atoms with van der Waals surface area (Å²) in [5.74, 6) is -0.115. The van der Waals surface area contributed by atoms with Crippen LogP contribution in [0.3, 0.4) is 0 Å². The van der Waals surface area contributed by atoms with Gasteiger partial charge in [0.15, 0.2) is 0 Å². The molecule has 1 amide bonds. The number of benzene rings is 2. The first kappa shape index (κ1) is 17.0. The fourth-order valence-corrected chi connectivity index (χ4v) is 3.26. The lowest BCUT2D eigenvalue weighted by Crippen LogP contribution is -2.22. The molecule has 0 aliphatic rings. The van der Waals surface area contributed by atoms with Crippen molar-refractivity contribution in [1.29, 1.82) is 0 Å². The minimum Gasteiger partial charge on any atom is -0.316 e. The molecule has 2 rings (SSSR count). The molecular formula is C17H20N2O3S. The fraction of sp³-hybridized carbons (Fsp3) is 0.235. The summed E-state index contributed by atoms with van der Waals surface area (Å²) in [7, 11) is -2.02. The SMILES string of the molecule is CCc1ccccc1NS(=O)(=O)c1ccc(N(C)C(C)=O)cc1. The third kappa shape index (κ3) is 3.90. The molecule has 0 spiro atoms. The Balaban J connectivity index is 2.28. The van der Waals surface area contributed by atoms with Crippen molar-refractivity contribution in [3.8, 4) is 0 Å². The first-order valence-corrected chi connectivity index (χ1v) is 8.78. The number of nitrogens with one attached hydrogen (secondary N) is 1. The molecule has 0 aliphatic carbocycles.